The molecule has 0 radical (unpaired) electrons. The molecule has 5 heteroatoms. The van der Waals surface area contributed by atoms with Gasteiger partial charge in [0, 0.05) is 6.42 Å². The van der Waals surface area contributed by atoms with Crippen LogP contribution in [0.15, 0.2) is 24.3 Å². The summed E-state index contributed by atoms with van der Waals surface area (Å²) in [6.45, 7) is 1.89. The molecule has 4 bridgehead atoms. The number of hydrazine groups is 1. The van der Waals surface area contributed by atoms with Crippen LogP contribution in [0.2, 0.25) is 0 Å². The van der Waals surface area contributed by atoms with E-state index in [-0.39, 0.29) is 23.8 Å². The first-order valence-corrected chi connectivity index (χ1v) is 9.77. The first kappa shape index (κ1) is 17.4. The molecule has 4 saturated carbocycles. The van der Waals surface area contributed by atoms with E-state index in [2.05, 4.69) is 10.9 Å². The Labute approximate surface area is 154 Å². The number of aryl methyl sites for hydroxylation is 1. The molecule has 0 spiro atoms. The minimum Gasteiger partial charge on any atom is -0.484 e. The predicted octanol–water partition coefficient (Wildman–Crippen LogP) is 3.13. The van der Waals surface area contributed by atoms with Gasteiger partial charge in [0.25, 0.3) is 5.91 Å². The van der Waals surface area contributed by atoms with Gasteiger partial charge < -0.3 is 4.74 Å². The van der Waals surface area contributed by atoms with Gasteiger partial charge in [-0.3, -0.25) is 20.4 Å². The molecule has 4 aliphatic rings. The molecule has 1 aromatic carbocycles. The molecule has 1 aromatic rings. The van der Waals surface area contributed by atoms with Gasteiger partial charge in [0.15, 0.2) is 6.61 Å². The number of amides is 2. The van der Waals surface area contributed by atoms with Crippen molar-refractivity contribution < 1.29 is 14.3 Å². The third kappa shape index (κ3) is 3.87. The molecule has 0 heterocycles. The summed E-state index contributed by atoms with van der Waals surface area (Å²) in [6, 6.07) is 7.52. The molecule has 0 aliphatic heterocycles. The van der Waals surface area contributed by atoms with E-state index in [1.807, 2.05) is 31.2 Å². The minimum atomic E-state index is -0.343. The maximum Gasteiger partial charge on any atom is 0.276 e. The summed E-state index contributed by atoms with van der Waals surface area (Å²) >= 11 is 0. The van der Waals surface area contributed by atoms with Crippen molar-refractivity contribution >= 4 is 11.8 Å². The summed E-state index contributed by atoms with van der Waals surface area (Å²) in [5, 5.41) is 0. The van der Waals surface area contributed by atoms with Crippen molar-refractivity contribution in [2.45, 2.75) is 51.9 Å². The first-order valence-electron chi connectivity index (χ1n) is 9.77. The Kier molecular flexibility index (Phi) is 4.63. The Bertz CT molecular complexity index is 648. The van der Waals surface area contributed by atoms with Crippen molar-refractivity contribution in [2.75, 3.05) is 6.61 Å². The Balaban J connectivity index is 1.21. The molecule has 0 saturated heterocycles. The zero-order valence-electron chi connectivity index (χ0n) is 15.4. The van der Waals surface area contributed by atoms with Crippen LogP contribution in [0.5, 0.6) is 5.75 Å². The minimum absolute atomic E-state index is 0.0735. The lowest BCUT2D eigenvalue weighted by molar-refractivity contribution is -0.134. The van der Waals surface area contributed by atoms with Gasteiger partial charge in [0.2, 0.25) is 5.91 Å². The van der Waals surface area contributed by atoms with E-state index in [1.165, 1.54) is 38.5 Å². The number of hydrogen-bond donors (Lipinski definition) is 2. The monoisotopic (exact) mass is 356 g/mol. The third-order valence-electron chi connectivity index (χ3n) is 6.43. The lowest BCUT2D eigenvalue weighted by atomic mass is 9.49. The van der Waals surface area contributed by atoms with E-state index in [0.717, 1.165) is 23.3 Å². The number of carbonyl (C=O) groups is 2. The Morgan fingerprint density at radius 3 is 2.08 bits per heavy atom. The highest BCUT2D eigenvalue weighted by Gasteiger charge is 2.51. The Hall–Kier alpha value is -2.04. The van der Waals surface area contributed by atoms with Gasteiger partial charge in [-0.2, -0.15) is 0 Å². The molecule has 0 aromatic heterocycles. The molecular formula is C21H28N2O3. The second-order valence-electron chi connectivity index (χ2n) is 8.79. The summed E-state index contributed by atoms with van der Waals surface area (Å²) in [5.41, 5.74) is 6.39. The van der Waals surface area contributed by atoms with Crippen LogP contribution in [0.4, 0.5) is 0 Å². The van der Waals surface area contributed by atoms with Crippen molar-refractivity contribution in [3.05, 3.63) is 29.8 Å². The fourth-order valence-corrected chi connectivity index (χ4v) is 5.85. The molecule has 0 unspecified atom stereocenters. The molecule has 5 nitrogen and oxygen atoms in total. The van der Waals surface area contributed by atoms with E-state index < -0.39 is 0 Å². The van der Waals surface area contributed by atoms with Crippen molar-refractivity contribution in [1.82, 2.24) is 10.9 Å². The Morgan fingerprint density at radius 2 is 1.50 bits per heavy atom. The zero-order valence-corrected chi connectivity index (χ0v) is 15.4. The van der Waals surface area contributed by atoms with Gasteiger partial charge in [0.1, 0.15) is 5.75 Å². The number of hydrogen-bond acceptors (Lipinski definition) is 3. The molecule has 26 heavy (non-hydrogen) atoms. The molecular weight excluding hydrogens is 328 g/mol. The molecule has 4 aliphatic carbocycles. The van der Waals surface area contributed by atoms with Gasteiger partial charge in [-0.25, -0.2) is 0 Å². The van der Waals surface area contributed by atoms with Gasteiger partial charge in [-0.05, 0) is 80.8 Å². The summed E-state index contributed by atoms with van der Waals surface area (Å²) in [7, 11) is 0. The number of nitrogens with one attached hydrogen (secondary N) is 2. The van der Waals surface area contributed by atoms with Crippen molar-refractivity contribution in [2.24, 2.45) is 23.2 Å². The molecule has 5 rings (SSSR count). The van der Waals surface area contributed by atoms with Gasteiger partial charge >= 0.3 is 0 Å². The quantitative estimate of drug-likeness (QED) is 0.797. The zero-order chi connectivity index (χ0) is 18.1. The van der Waals surface area contributed by atoms with Crippen LogP contribution in [-0.4, -0.2) is 18.4 Å². The fraction of sp³-hybridized carbons (Fsp3) is 0.619. The molecule has 0 atom stereocenters. The fourth-order valence-electron chi connectivity index (χ4n) is 5.85. The topological polar surface area (TPSA) is 67.4 Å². The number of rotatable bonds is 5. The van der Waals surface area contributed by atoms with Gasteiger partial charge in [-0.15, -0.1) is 0 Å². The van der Waals surface area contributed by atoms with Crippen LogP contribution >= 0.6 is 0 Å². The smallest absolute Gasteiger partial charge is 0.276 e. The number of carbonyl (C=O) groups excluding carboxylic acids is 2. The van der Waals surface area contributed by atoms with E-state index in [9.17, 15) is 9.59 Å². The summed E-state index contributed by atoms with van der Waals surface area (Å²) in [6.07, 6.45) is 8.22. The van der Waals surface area contributed by atoms with Gasteiger partial charge in [-0.1, -0.05) is 17.7 Å². The number of ether oxygens (including phenoxy) is 1. The molecule has 2 amide bonds. The summed E-state index contributed by atoms with van der Waals surface area (Å²) in [4.78, 5) is 24.3. The van der Waals surface area contributed by atoms with Crippen molar-refractivity contribution in [3.8, 4) is 5.75 Å². The van der Waals surface area contributed by atoms with Crippen LogP contribution in [0, 0.1) is 30.1 Å². The van der Waals surface area contributed by atoms with E-state index in [0.29, 0.717) is 12.2 Å². The van der Waals surface area contributed by atoms with E-state index in [4.69, 9.17) is 4.74 Å². The average Bonchev–Trinajstić information content (AvgIpc) is 2.58. The maximum atomic E-state index is 12.4. The van der Waals surface area contributed by atoms with E-state index in [1.54, 1.807) is 0 Å². The second-order valence-corrected chi connectivity index (χ2v) is 8.79. The third-order valence-corrected chi connectivity index (χ3v) is 6.43. The van der Waals surface area contributed by atoms with Crippen LogP contribution in [0.1, 0.15) is 50.5 Å². The van der Waals surface area contributed by atoms with Crippen LogP contribution in [-0.2, 0) is 9.59 Å². The van der Waals surface area contributed by atoms with Crippen LogP contribution < -0.4 is 15.6 Å². The SMILES string of the molecule is Cc1ccc(OCC(=O)NNC(=O)CC23CC4CC(CC(C4)C2)C3)cc1. The predicted molar refractivity (Wildman–Crippen MR) is 98.2 cm³/mol. The van der Waals surface area contributed by atoms with Gasteiger partial charge in [0.05, 0.1) is 0 Å². The standard InChI is InChI=1S/C21H28N2O3/c1-14-2-4-18(5-3-14)26-13-20(25)23-22-19(24)12-21-9-15-6-16(10-21)8-17(7-15)11-21/h2-5,15-17H,6-13H2,1H3,(H,22,24)(H,23,25). The van der Waals surface area contributed by atoms with Crippen LogP contribution in [0.3, 0.4) is 0 Å². The molecule has 140 valence electrons. The number of benzene rings is 1. The van der Waals surface area contributed by atoms with Crippen LogP contribution in [0.25, 0.3) is 0 Å². The highest BCUT2D eigenvalue weighted by Crippen LogP contribution is 2.61. The Morgan fingerprint density at radius 1 is 0.962 bits per heavy atom. The van der Waals surface area contributed by atoms with Crippen molar-refractivity contribution in [1.29, 1.82) is 0 Å². The highest BCUT2D eigenvalue weighted by atomic mass is 16.5. The normalized spacial score (nSPS) is 31.5. The molecule has 4 fully saturated rings. The summed E-state index contributed by atoms with van der Waals surface area (Å²) in [5.74, 6) is 2.70. The van der Waals surface area contributed by atoms with Crippen molar-refractivity contribution in [3.63, 3.8) is 0 Å². The lowest BCUT2D eigenvalue weighted by Gasteiger charge is -2.56. The average molecular weight is 356 g/mol. The highest BCUT2D eigenvalue weighted by molar-refractivity contribution is 5.83. The first-order chi connectivity index (χ1) is 12.5. The second kappa shape index (κ2) is 6.93. The maximum absolute atomic E-state index is 12.4. The lowest BCUT2D eigenvalue weighted by Crippen LogP contribution is -2.50. The summed E-state index contributed by atoms with van der Waals surface area (Å²) < 4.78 is 5.43. The van der Waals surface area contributed by atoms with E-state index >= 15 is 0 Å². The largest absolute Gasteiger partial charge is 0.484 e. The molecule has 2 N–H and O–H groups in total.